The van der Waals surface area contributed by atoms with Gasteiger partial charge in [-0.25, -0.2) is 8.78 Å². The number of nitrogens with one attached hydrogen (secondary N) is 1. The third-order valence-corrected chi connectivity index (χ3v) is 2.26. The summed E-state index contributed by atoms with van der Waals surface area (Å²) in [6.45, 7) is 3.09. The summed E-state index contributed by atoms with van der Waals surface area (Å²) in [7, 11) is 0. The number of nitrogens with two attached hydrogens (primary N) is 1. The molecule has 1 aromatic rings. The minimum absolute atomic E-state index is 0.202. The second kappa shape index (κ2) is 5.78. The Bertz CT molecular complexity index is 315. The summed E-state index contributed by atoms with van der Waals surface area (Å²) in [5, 5.41) is 3.08. The summed E-state index contributed by atoms with van der Waals surface area (Å²) >= 11 is 0. The van der Waals surface area contributed by atoms with Crippen molar-refractivity contribution in [1.82, 2.24) is 5.32 Å². The first-order valence-corrected chi connectivity index (χ1v) is 5.03. The molecule has 1 unspecified atom stereocenters. The summed E-state index contributed by atoms with van der Waals surface area (Å²) in [6, 6.07) is 3.28. The Morgan fingerprint density at radius 2 is 2.13 bits per heavy atom. The molecular weight excluding hydrogens is 198 g/mol. The van der Waals surface area contributed by atoms with Crippen LogP contribution >= 0.6 is 0 Å². The molecule has 0 saturated heterocycles. The van der Waals surface area contributed by atoms with Gasteiger partial charge in [0.1, 0.15) is 11.6 Å². The van der Waals surface area contributed by atoms with Gasteiger partial charge >= 0.3 is 0 Å². The minimum atomic E-state index is -0.418. The van der Waals surface area contributed by atoms with Crippen molar-refractivity contribution in [2.45, 2.75) is 19.4 Å². The first kappa shape index (κ1) is 12.1. The lowest BCUT2D eigenvalue weighted by atomic mass is 10.1. The van der Waals surface area contributed by atoms with E-state index in [9.17, 15) is 8.78 Å². The van der Waals surface area contributed by atoms with Crippen molar-refractivity contribution in [3.8, 4) is 0 Å². The van der Waals surface area contributed by atoms with E-state index >= 15 is 0 Å². The third-order valence-electron chi connectivity index (χ3n) is 2.26. The van der Waals surface area contributed by atoms with Crippen LogP contribution in [0, 0.1) is 11.6 Å². The fourth-order valence-electron chi connectivity index (χ4n) is 1.38. The highest BCUT2D eigenvalue weighted by molar-refractivity contribution is 5.21. The zero-order valence-corrected chi connectivity index (χ0v) is 8.76. The molecule has 1 rings (SSSR count). The molecular formula is C11H16F2N2. The van der Waals surface area contributed by atoms with Gasteiger partial charge < -0.3 is 11.1 Å². The Morgan fingerprint density at radius 1 is 1.40 bits per heavy atom. The molecule has 2 nitrogen and oxygen atoms in total. The van der Waals surface area contributed by atoms with E-state index in [1.165, 1.54) is 6.07 Å². The molecule has 0 amide bonds. The predicted octanol–water partition coefficient (Wildman–Crippen LogP) is 1.96. The highest BCUT2D eigenvalue weighted by atomic mass is 19.1. The van der Waals surface area contributed by atoms with E-state index in [0.717, 1.165) is 18.6 Å². The molecule has 0 aliphatic carbocycles. The molecule has 0 radical (unpaired) electrons. The molecule has 1 atom stereocenters. The monoisotopic (exact) mass is 214 g/mol. The van der Waals surface area contributed by atoms with Gasteiger partial charge in [0, 0.05) is 11.6 Å². The van der Waals surface area contributed by atoms with E-state index < -0.39 is 5.82 Å². The van der Waals surface area contributed by atoms with Crippen LogP contribution in [0.15, 0.2) is 18.2 Å². The second-order valence-corrected chi connectivity index (χ2v) is 3.48. The predicted molar refractivity (Wildman–Crippen MR) is 56.4 cm³/mol. The highest BCUT2D eigenvalue weighted by Crippen LogP contribution is 2.17. The second-order valence-electron chi connectivity index (χ2n) is 3.48. The first-order valence-electron chi connectivity index (χ1n) is 5.03. The van der Waals surface area contributed by atoms with Crippen molar-refractivity contribution in [3.63, 3.8) is 0 Å². The minimum Gasteiger partial charge on any atom is -0.330 e. The van der Waals surface area contributed by atoms with Crippen LogP contribution in [-0.2, 0) is 0 Å². The Balaban J connectivity index is 2.64. The molecule has 0 heterocycles. The van der Waals surface area contributed by atoms with Crippen LogP contribution in [0.5, 0.6) is 0 Å². The van der Waals surface area contributed by atoms with Gasteiger partial charge in [0.2, 0.25) is 0 Å². The van der Waals surface area contributed by atoms with Crippen molar-refractivity contribution in [2.75, 3.05) is 13.1 Å². The Hall–Kier alpha value is -1.00. The van der Waals surface area contributed by atoms with Crippen LogP contribution in [0.25, 0.3) is 0 Å². The summed E-state index contributed by atoms with van der Waals surface area (Å²) < 4.78 is 26.2. The Morgan fingerprint density at radius 3 is 2.80 bits per heavy atom. The molecule has 4 heteroatoms. The third kappa shape index (κ3) is 3.57. The topological polar surface area (TPSA) is 38.0 Å². The number of benzene rings is 1. The molecule has 0 saturated carbocycles. The molecule has 0 spiro atoms. The largest absolute Gasteiger partial charge is 0.330 e. The lowest BCUT2D eigenvalue weighted by molar-refractivity contribution is 0.514. The van der Waals surface area contributed by atoms with Crippen LogP contribution < -0.4 is 11.1 Å². The maximum Gasteiger partial charge on any atom is 0.128 e. The van der Waals surface area contributed by atoms with E-state index in [4.69, 9.17) is 5.73 Å². The van der Waals surface area contributed by atoms with Crippen molar-refractivity contribution < 1.29 is 8.78 Å². The smallest absolute Gasteiger partial charge is 0.128 e. The number of halogens is 2. The molecule has 0 fully saturated rings. The van der Waals surface area contributed by atoms with Gasteiger partial charge in [0.25, 0.3) is 0 Å². The van der Waals surface area contributed by atoms with Gasteiger partial charge in [-0.15, -0.1) is 0 Å². The van der Waals surface area contributed by atoms with E-state index in [1.807, 2.05) is 0 Å². The maximum atomic E-state index is 13.3. The van der Waals surface area contributed by atoms with E-state index in [1.54, 1.807) is 6.92 Å². The molecule has 1 aromatic carbocycles. The summed E-state index contributed by atoms with van der Waals surface area (Å²) in [5.74, 6) is -0.803. The van der Waals surface area contributed by atoms with Gasteiger partial charge in [-0.3, -0.25) is 0 Å². The average molecular weight is 214 g/mol. The molecule has 0 aliphatic heterocycles. The van der Waals surface area contributed by atoms with Crippen molar-refractivity contribution in [3.05, 3.63) is 35.4 Å². The van der Waals surface area contributed by atoms with Crippen LogP contribution in [0.2, 0.25) is 0 Å². The molecule has 0 aromatic heterocycles. The van der Waals surface area contributed by atoms with Gasteiger partial charge in [0.15, 0.2) is 0 Å². The van der Waals surface area contributed by atoms with Crippen LogP contribution in [0.4, 0.5) is 8.78 Å². The normalized spacial score (nSPS) is 12.8. The van der Waals surface area contributed by atoms with Gasteiger partial charge in [0.05, 0.1) is 0 Å². The zero-order valence-electron chi connectivity index (χ0n) is 8.76. The van der Waals surface area contributed by atoms with E-state index in [0.29, 0.717) is 18.7 Å². The number of hydrogen-bond acceptors (Lipinski definition) is 2. The summed E-state index contributed by atoms with van der Waals surface area (Å²) in [4.78, 5) is 0. The molecule has 15 heavy (non-hydrogen) atoms. The van der Waals surface area contributed by atoms with Gasteiger partial charge in [-0.2, -0.15) is 0 Å². The quantitative estimate of drug-likeness (QED) is 0.735. The summed E-state index contributed by atoms with van der Waals surface area (Å²) in [6.07, 6.45) is 0.821. The fraction of sp³-hybridized carbons (Fsp3) is 0.455. The van der Waals surface area contributed by atoms with Crippen LogP contribution in [-0.4, -0.2) is 13.1 Å². The SMILES string of the molecule is CC(NCCCN)c1cc(F)ccc1F. The first-order chi connectivity index (χ1) is 7.15. The van der Waals surface area contributed by atoms with Crippen molar-refractivity contribution in [2.24, 2.45) is 5.73 Å². The van der Waals surface area contributed by atoms with Crippen LogP contribution in [0.3, 0.4) is 0 Å². The van der Waals surface area contributed by atoms with E-state index in [-0.39, 0.29) is 11.9 Å². The van der Waals surface area contributed by atoms with Crippen molar-refractivity contribution in [1.29, 1.82) is 0 Å². The maximum absolute atomic E-state index is 13.3. The van der Waals surface area contributed by atoms with Crippen molar-refractivity contribution >= 4 is 0 Å². The highest BCUT2D eigenvalue weighted by Gasteiger charge is 2.10. The fourth-order valence-corrected chi connectivity index (χ4v) is 1.38. The lowest BCUT2D eigenvalue weighted by Gasteiger charge is -2.14. The van der Waals surface area contributed by atoms with Gasteiger partial charge in [-0.05, 0) is 44.6 Å². The molecule has 0 aliphatic rings. The van der Waals surface area contributed by atoms with Gasteiger partial charge in [-0.1, -0.05) is 0 Å². The molecule has 0 bridgehead atoms. The van der Waals surface area contributed by atoms with E-state index in [2.05, 4.69) is 5.32 Å². The number of rotatable bonds is 5. The summed E-state index contributed by atoms with van der Waals surface area (Å²) in [5.41, 5.74) is 5.69. The Kier molecular flexibility index (Phi) is 4.65. The standard InChI is InChI=1S/C11H16F2N2/c1-8(15-6-2-5-14)10-7-9(12)3-4-11(10)13/h3-4,7-8,15H,2,5-6,14H2,1H3. The Labute approximate surface area is 88.5 Å². The number of hydrogen-bond donors (Lipinski definition) is 2. The average Bonchev–Trinajstić information content (AvgIpc) is 2.22. The lowest BCUT2D eigenvalue weighted by Crippen LogP contribution is -2.22. The zero-order chi connectivity index (χ0) is 11.3. The molecule has 84 valence electrons. The molecule has 3 N–H and O–H groups in total. The van der Waals surface area contributed by atoms with Crippen LogP contribution in [0.1, 0.15) is 24.9 Å².